The Kier molecular flexibility index (Phi) is 4.65. The van der Waals surface area contributed by atoms with Gasteiger partial charge in [0.25, 0.3) is 11.8 Å². The van der Waals surface area contributed by atoms with Gasteiger partial charge in [0.15, 0.2) is 12.3 Å². The van der Waals surface area contributed by atoms with Gasteiger partial charge in [0, 0.05) is 11.8 Å². The number of ether oxygens (including phenoxy) is 1. The van der Waals surface area contributed by atoms with Crippen molar-refractivity contribution in [1.82, 2.24) is 20.4 Å². The van der Waals surface area contributed by atoms with Crippen LogP contribution in [-0.2, 0) is 4.79 Å². The van der Waals surface area contributed by atoms with Gasteiger partial charge in [-0.15, -0.1) is 0 Å². The first kappa shape index (κ1) is 16.1. The Bertz CT molecular complexity index is 876. The van der Waals surface area contributed by atoms with E-state index < -0.39 is 5.91 Å². The van der Waals surface area contributed by atoms with E-state index in [-0.39, 0.29) is 18.2 Å². The van der Waals surface area contributed by atoms with Crippen LogP contribution in [0.5, 0.6) is 5.75 Å². The number of rotatable bonds is 6. The average Bonchev–Trinajstić information content (AvgIpc) is 3.11. The third-order valence-corrected chi connectivity index (χ3v) is 3.21. The lowest BCUT2D eigenvalue weighted by Gasteiger charge is -2.07. The fourth-order valence-corrected chi connectivity index (χ4v) is 2.08. The number of hydrogen-bond donors (Lipinski definition) is 3. The molecule has 2 aromatic heterocycles. The van der Waals surface area contributed by atoms with E-state index in [9.17, 15) is 9.59 Å². The Hall–Kier alpha value is -3.75. The number of anilines is 1. The Morgan fingerprint density at radius 1 is 1.12 bits per heavy atom. The van der Waals surface area contributed by atoms with Crippen molar-refractivity contribution in [3.05, 3.63) is 54.4 Å². The van der Waals surface area contributed by atoms with E-state index >= 15 is 0 Å². The van der Waals surface area contributed by atoms with Gasteiger partial charge in [-0.05, 0) is 36.4 Å². The first-order valence-corrected chi connectivity index (χ1v) is 7.28. The van der Waals surface area contributed by atoms with Crippen LogP contribution in [0, 0.1) is 0 Å². The predicted octanol–water partition coefficient (Wildman–Crippen LogP) is 0.983. The number of nitrogens with one attached hydrogen (secondary N) is 2. The highest BCUT2D eigenvalue weighted by Crippen LogP contribution is 2.22. The van der Waals surface area contributed by atoms with Crippen molar-refractivity contribution in [2.75, 3.05) is 11.9 Å². The monoisotopic (exact) mass is 338 g/mol. The van der Waals surface area contributed by atoms with Crippen LogP contribution in [-0.4, -0.2) is 38.8 Å². The molecule has 0 unspecified atom stereocenters. The second-order valence-corrected chi connectivity index (χ2v) is 4.96. The summed E-state index contributed by atoms with van der Waals surface area (Å²) in [6, 6.07) is 11.9. The number of hydrogen-bond acceptors (Lipinski definition) is 6. The number of carbonyl (C=O) groups is 2. The van der Waals surface area contributed by atoms with Crippen molar-refractivity contribution in [3.8, 4) is 17.0 Å². The molecule has 0 bridgehead atoms. The van der Waals surface area contributed by atoms with E-state index in [0.29, 0.717) is 22.8 Å². The van der Waals surface area contributed by atoms with Crippen LogP contribution < -0.4 is 15.8 Å². The number of carbonyl (C=O) groups excluding carboxylic acids is 2. The molecule has 0 fully saturated rings. The number of H-pyrrole nitrogens is 1. The fraction of sp³-hybridized carbons (Fsp3) is 0.0625. The molecular formula is C16H14N6O3. The van der Waals surface area contributed by atoms with Crippen molar-refractivity contribution in [1.29, 1.82) is 0 Å². The number of aromatic amines is 1. The summed E-state index contributed by atoms with van der Waals surface area (Å²) in [4.78, 5) is 27.1. The maximum atomic E-state index is 11.8. The molecule has 0 aliphatic carbocycles. The summed E-state index contributed by atoms with van der Waals surface area (Å²) in [5.74, 6) is -0.0499. The number of benzene rings is 1. The van der Waals surface area contributed by atoms with Crippen molar-refractivity contribution >= 4 is 17.6 Å². The summed E-state index contributed by atoms with van der Waals surface area (Å²) in [7, 11) is 0. The minimum Gasteiger partial charge on any atom is -0.484 e. The minimum atomic E-state index is -0.671. The maximum absolute atomic E-state index is 11.8. The molecule has 0 aliphatic heterocycles. The molecule has 2 amide bonds. The molecular weight excluding hydrogens is 324 g/mol. The molecule has 3 rings (SSSR count). The zero-order valence-electron chi connectivity index (χ0n) is 13.0. The average molecular weight is 338 g/mol. The van der Waals surface area contributed by atoms with E-state index in [0.717, 1.165) is 0 Å². The number of nitrogens with zero attached hydrogens (tertiary/aromatic N) is 3. The van der Waals surface area contributed by atoms with Crippen LogP contribution >= 0.6 is 0 Å². The van der Waals surface area contributed by atoms with Gasteiger partial charge >= 0.3 is 0 Å². The summed E-state index contributed by atoms with van der Waals surface area (Å²) in [6.07, 6.45) is 1.58. The number of primary amides is 1. The van der Waals surface area contributed by atoms with Crippen LogP contribution in [0.4, 0.5) is 5.82 Å². The molecule has 126 valence electrons. The molecule has 25 heavy (non-hydrogen) atoms. The van der Waals surface area contributed by atoms with E-state index in [1.54, 1.807) is 48.7 Å². The van der Waals surface area contributed by atoms with Crippen LogP contribution in [0.15, 0.2) is 48.7 Å². The van der Waals surface area contributed by atoms with Gasteiger partial charge in [-0.1, -0.05) is 6.07 Å². The standard InChI is InChI=1S/C16H14N6O3/c17-16(24)15-14(20-22-21-15)10-4-6-11(7-5-10)25-9-13(23)19-12-3-1-2-8-18-12/h1-8H,9H2,(H2,17,24)(H,18,19,23)(H,20,21,22). The highest BCUT2D eigenvalue weighted by molar-refractivity contribution is 5.96. The Labute approximate surface area is 142 Å². The number of aromatic nitrogens is 4. The molecule has 0 spiro atoms. The normalized spacial score (nSPS) is 10.2. The van der Waals surface area contributed by atoms with Crippen LogP contribution in [0.3, 0.4) is 0 Å². The van der Waals surface area contributed by atoms with E-state index in [4.69, 9.17) is 10.5 Å². The quantitative estimate of drug-likeness (QED) is 0.613. The van der Waals surface area contributed by atoms with Crippen molar-refractivity contribution in [2.24, 2.45) is 5.73 Å². The molecule has 9 heteroatoms. The second kappa shape index (κ2) is 7.21. The zero-order chi connectivity index (χ0) is 17.6. The third-order valence-electron chi connectivity index (χ3n) is 3.21. The largest absolute Gasteiger partial charge is 0.484 e. The van der Waals surface area contributed by atoms with Crippen LogP contribution in [0.25, 0.3) is 11.3 Å². The van der Waals surface area contributed by atoms with Crippen molar-refractivity contribution in [3.63, 3.8) is 0 Å². The lowest BCUT2D eigenvalue weighted by Crippen LogP contribution is -2.20. The molecule has 9 nitrogen and oxygen atoms in total. The van der Waals surface area contributed by atoms with E-state index in [1.807, 2.05) is 0 Å². The molecule has 4 N–H and O–H groups in total. The molecule has 0 aliphatic rings. The Morgan fingerprint density at radius 3 is 2.60 bits per heavy atom. The predicted molar refractivity (Wildman–Crippen MR) is 88.7 cm³/mol. The summed E-state index contributed by atoms with van der Waals surface area (Å²) in [5.41, 5.74) is 6.29. The van der Waals surface area contributed by atoms with Gasteiger partial charge in [0.05, 0.1) is 0 Å². The first-order valence-electron chi connectivity index (χ1n) is 7.28. The molecule has 0 atom stereocenters. The SMILES string of the molecule is NC(=O)c1n[nH]nc1-c1ccc(OCC(=O)Nc2ccccn2)cc1. The molecule has 0 saturated heterocycles. The van der Waals surface area contributed by atoms with Crippen molar-refractivity contribution in [2.45, 2.75) is 0 Å². The summed E-state index contributed by atoms with van der Waals surface area (Å²) >= 11 is 0. The van der Waals surface area contributed by atoms with E-state index in [1.165, 1.54) is 0 Å². The molecule has 2 heterocycles. The van der Waals surface area contributed by atoms with Gasteiger partial charge in [-0.25, -0.2) is 4.98 Å². The van der Waals surface area contributed by atoms with Crippen LogP contribution in [0.1, 0.15) is 10.5 Å². The van der Waals surface area contributed by atoms with Crippen molar-refractivity contribution < 1.29 is 14.3 Å². The number of nitrogens with two attached hydrogens (primary N) is 1. The lowest BCUT2D eigenvalue weighted by molar-refractivity contribution is -0.118. The fourth-order valence-electron chi connectivity index (χ4n) is 2.08. The van der Waals surface area contributed by atoms with Gasteiger partial charge in [0.1, 0.15) is 17.3 Å². The molecule has 0 radical (unpaired) electrons. The highest BCUT2D eigenvalue weighted by atomic mass is 16.5. The second-order valence-electron chi connectivity index (χ2n) is 4.96. The number of pyridine rings is 1. The lowest BCUT2D eigenvalue weighted by atomic mass is 10.1. The third kappa shape index (κ3) is 3.96. The topological polar surface area (TPSA) is 136 Å². The molecule has 3 aromatic rings. The van der Waals surface area contributed by atoms with Gasteiger partial charge in [-0.2, -0.15) is 15.4 Å². The van der Waals surface area contributed by atoms with Gasteiger partial charge in [0.2, 0.25) is 0 Å². The Morgan fingerprint density at radius 2 is 1.92 bits per heavy atom. The summed E-state index contributed by atoms with van der Waals surface area (Å²) in [6.45, 7) is -0.160. The van der Waals surface area contributed by atoms with Gasteiger partial charge in [-0.3, -0.25) is 9.59 Å². The first-order chi connectivity index (χ1) is 12.1. The molecule has 1 aromatic carbocycles. The smallest absolute Gasteiger partial charge is 0.271 e. The maximum Gasteiger partial charge on any atom is 0.271 e. The van der Waals surface area contributed by atoms with Crippen LogP contribution in [0.2, 0.25) is 0 Å². The Balaban J connectivity index is 1.60. The van der Waals surface area contributed by atoms with Gasteiger partial charge < -0.3 is 15.8 Å². The molecule has 0 saturated carbocycles. The summed E-state index contributed by atoms with van der Waals surface area (Å²) < 4.78 is 5.41. The number of amides is 2. The highest BCUT2D eigenvalue weighted by Gasteiger charge is 2.15. The minimum absolute atomic E-state index is 0.0587. The summed E-state index contributed by atoms with van der Waals surface area (Å²) in [5, 5.41) is 12.6. The zero-order valence-corrected chi connectivity index (χ0v) is 13.0. The van der Waals surface area contributed by atoms with E-state index in [2.05, 4.69) is 25.7 Å².